The van der Waals surface area contributed by atoms with Crippen LogP contribution in [0.15, 0.2) is 36.7 Å². The molecule has 0 spiro atoms. The Morgan fingerprint density at radius 2 is 2.04 bits per heavy atom. The van der Waals surface area contributed by atoms with E-state index in [1.165, 1.54) is 12.8 Å². The molecule has 28 heavy (non-hydrogen) atoms. The van der Waals surface area contributed by atoms with Crippen molar-refractivity contribution in [2.45, 2.75) is 18.9 Å². The molecular weight excluding hydrogens is 354 g/mol. The number of benzene rings is 1. The summed E-state index contributed by atoms with van der Waals surface area (Å²) in [7, 11) is 0. The summed E-state index contributed by atoms with van der Waals surface area (Å²) in [5, 5.41) is 21.1. The maximum absolute atomic E-state index is 9.63. The maximum Gasteiger partial charge on any atom is 0.177 e. The van der Waals surface area contributed by atoms with E-state index in [-0.39, 0.29) is 0 Å². The Morgan fingerprint density at radius 3 is 2.82 bits per heavy atom. The van der Waals surface area contributed by atoms with Crippen LogP contribution in [0.4, 0.5) is 22.9 Å². The van der Waals surface area contributed by atoms with E-state index in [1.54, 1.807) is 10.7 Å². The predicted molar refractivity (Wildman–Crippen MR) is 107 cm³/mol. The van der Waals surface area contributed by atoms with E-state index in [4.69, 9.17) is 4.74 Å². The summed E-state index contributed by atoms with van der Waals surface area (Å²) in [5.74, 6) is 0.705. The first kappa shape index (κ1) is 16.8. The van der Waals surface area contributed by atoms with Crippen molar-refractivity contribution in [1.82, 2.24) is 14.6 Å². The molecular formula is C20H21N7O. The Bertz CT molecular complexity index is 1040. The summed E-state index contributed by atoms with van der Waals surface area (Å²) in [6.45, 7) is 2.99. The number of hydrogen-bond donors (Lipinski definition) is 2. The van der Waals surface area contributed by atoms with Gasteiger partial charge in [0.05, 0.1) is 30.2 Å². The number of fused-ring (bicyclic) bond motifs is 1. The Kier molecular flexibility index (Phi) is 4.22. The highest BCUT2D eigenvalue weighted by Gasteiger charge is 2.22. The van der Waals surface area contributed by atoms with Crippen molar-refractivity contribution in [2.24, 2.45) is 0 Å². The number of hydrogen-bond acceptors (Lipinski definition) is 7. The van der Waals surface area contributed by atoms with Crippen LogP contribution in [-0.2, 0) is 4.74 Å². The van der Waals surface area contributed by atoms with Crippen molar-refractivity contribution in [3.8, 4) is 6.07 Å². The molecule has 1 aromatic carbocycles. The van der Waals surface area contributed by atoms with Crippen LogP contribution in [0, 0.1) is 11.3 Å². The van der Waals surface area contributed by atoms with Crippen molar-refractivity contribution >= 4 is 28.5 Å². The molecule has 0 amide bonds. The average molecular weight is 375 g/mol. The first-order valence-corrected chi connectivity index (χ1v) is 9.55. The molecule has 5 rings (SSSR count). The van der Waals surface area contributed by atoms with Gasteiger partial charge < -0.3 is 20.3 Å². The van der Waals surface area contributed by atoms with Gasteiger partial charge in [0.25, 0.3) is 0 Å². The van der Waals surface area contributed by atoms with Crippen LogP contribution in [0.25, 0.3) is 5.65 Å². The largest absolute Gasteiger partial charge is 0.379 e. The third kappa shape index (κ3) is 3.32. The fraction of sp³-hybridized carbons (Fsp3) is 0.350. The molecule has 1 saturated heterocycles. The lowest BCUT2D eigenvalue weighted by atomic mass is 10.1. The summed E-state index contributed by atoms with van der Waals surface area (Å²) in [6, 6.07) is 10.7. The highest BCUT2D eigenvalue weighted by molar-refractivity contribution is 5.74. The summed E-state index contributed by atoms with van der Waals surface area (Å²) in [6.07, 6.45) is 5.95. The van der Waals surface area contributed by atoms with Crippen LogP contribution in [0.3, 0.4) is 0 Å². The molecule has 2 aliphatic rings. The highest BCUT2D eigenvalue weighted by atomic mass is 16.5. The van der Waals surface area contributed by atoms with Crippen molar-refractivity contribution in [3.05, 3.63) is 42.2 Å². The van der Waals surface area contributed by atoms with Gasteiger partial charge in [-0.25, -0.2) is 9.50 Å². The molecule has 0 bridgehead atoms. The van der Waals surface area contributed by atoms with Gasteiger partial charge in [-0.05, 0) is 31.0 Å². The average Bonchev–Trinajstić information content (AvgIpc) is 3.42. The van der Waals surface area contributed by atoms with Gasteiger partial charge in [0.1, 0.15) is 6.07 Å². The minimum absolute atomic E-state index is 0.522. The maximum atomic E-state index is 9.63. The van der Waals surface area contributed by atoms with E-state index >= 15 is 0 Å². The zero-order chi connectivity index (χ0) is 18.9. The number of nitrogens with one attached hydrogen (secondary N) is 2. The molecule has 142 valence electrons. The lowest BCUT2D eigenvalue weighted by molar-refractivity contribution is 0.122. The monoisotopic (exact) mass is 375 g/mol. The first-order chi connectivity index (χ1) is 13.8. The van der Waals surface area contributed by atoms with E-state index in [0.29, 0.717) is 30.6 Å². The van der Waals surface area contributed by atoms with E-state index in [0.717, 1.165) is 35.8 Å². The SMILES string of the molecule is N#Cc1cc(Nc2cc(NC3CC3)c3nccn3n2)ccc1N1CCOCC1. The topological polar surface area (TPSA) is 90.5 Å². The molecule has 3 aromatic rings. The standard InChI is InChI=1S/C20H21N7O/c21-13-14-11-16(3-4-18(14)26-7-9-28-10-8-26)24-19-12-17(23-15-1-2-15)20-22-5-6-27(20)25-19/h3-6,11-12,15,23H,1-2,7-10H2,(H,24,25). The summed E-state index contributed by atoms with van der Waals surface area (Å²) in [4.78, 5) is 6.58. The number of ether oxygens (including phenoxy) is 1. The van der Waals surface area contributed by atoms with E-state index in [1.807, 2.05) is 30.5 Å². The third-order valence-corrected chi connectivity index (χ3v) is 5.04. The van der Waals surface area contributed by atoms with Gasteiger partial charge in [-0.1, -0.05) is 0 Å². The number of nitriles is 1. The second kappa shape index (κ2) is 7.02. The molecule has 8 nitrogen and oxygen atoms in total. The molecule has 2 N–H and O–H groups in total. The van der Waals surface area contributed by atoms with Gasteiger partial charge in [-0.15, -0.1) is 5.10 Å². The van der Waals surface area contributed by atoms with Crippen LogP contribution < -0.4 is 15.5 Å². The number of morpholine rings is 1. The normalized spacial score (nSPS) is 16.8. The van der Waals surface area contributed by atoms with E-state index in [2.05, 4.69) is 31.7 Å². The molecule has 1 saturated carbocycles. The third-order valence-electron chi connectivity index (χ3n) is 5.04. The fourth-order valence-electron chi connectivity index (χ4n) is 3.46. The zero-order valence-corrected chi connectivity index (χ0v) is 15.4. The summed E-state index contributed by atoms with van der Waals surface area (Å²) >= 11 is 0. The second-order valence-electron chi connectivity index (χ2n) is 7.13. The number of nitrogens with zero attached hydrogens (tertiary/aromatic N) is 5. The number of aromatic nitrogens is 3. The smallest absolute Gasteiger partial charge is 0.177 e. The van der Waals surface area contributed by atoms with Crippen molar-refractivity contribution in [1.29, 1.82) is 5.26 Å². The molecule has 1 aliphatic heterocycles. The molecule has 0 unspecified atom stereocenters. The van der Waals surface area contributed by atoms with Crippen molar-refractivity contribution in [3.63, 3.8) is 0 Å². The highest BCUT2D eigenvalue weighted by Crippen LogP contribution is 2.30. The Hall–Kier alpha value is -3.31. The molecule has 3 heterocycles. The molecule has 2 aromatic heterocycles. The van der Waals surface area contributed by atoms with Crippen LogP contribution >= 0.6 is 0 Å². The summed E-state index contributed by atoms with van der Waals surface area (Å²) < 4.78 is 7.17. The molecule has 0 atom stereocenters. The first-order valence-electron chi connectivity index (χ1n) is 9.55. The molecule has 1 aliphatic carbocycles. The number of anilines is 4. The lowest BCUT2D eigenvalue weighted by Crippen LogP contribution is -2.36. The van der Waals surface area contributed by atoms with E-state index in [9.17, 15) is 5.26 Å². The molecule has 8 heteroatoms. The molecule has 0 radical (unpaired) electrons. The Balaban J connectivity index is 1.43. The van der Waals surface area contributed by atoms with E-state index < -0.39 is 0 Å². The fourth-order valence-corrected chi connectivity index (χ4v) is 3.46. The van der Waals surface area contributed by atoms with Crippen molar-refractivity contribution < 1.29 is 4.74 Å². The van der Waals surface area contributed by atoms with Crippen molar-refractivity contribution in [2.75, 3.05) is 41.8 Å². The Labute approximate surface area is 162 Å². The second-order valence-corrected chi connectivity index (χ2v) is 7.13. The zero-order valence-electron chi connectivity index (χ0n) is 15.4. The number of imidazole rings is 1. The van der Waals surface area contributed by atoms with Crippen LogP contribution in [-0.4, -0.2) is 46.9 Å². The van der Waals surface area contributed by atoms with Gasteiger partial charge in [-0.2, -0.15) is 5.26 Å². The lowest BCUT2D eigenvalue weighted by Gasteiger charge is -2.29. The van der Waals surface area contributed by atoms with Gasteiger partial charge in [0.2, 0.25) is 0 Å². The minimum Gasteiger partial charge on any atom is -0.379 e. The van der Waals surface area contributed by atoms with Crippen LogP contribution in [0.2, 0.25) is 0 Å². The molecule has 2 fully saturated rings. The van der Waals surface area contributed by atoms with Gasteiger partial charge in [0, 0.05) is 43.3 Å². The van der Waals surface area contributed by atoms with Gasteiger partial charge >= 0.3 is 0 Å². The summed E-state index contributed by atoms with van der Waals surface area (Å²) in [5.41, 5.74) is 4.21. The van der Waals surface area contributed by atoms with Crippen LogP contribution in [0.5, 0.6) is 0 Å². The Morgan fingerprint density at radius 1 is 1.18 bits per heavy atom. The van der Waals surface area contributed by atoms with Crippen LogP contribution in [0.1, 0.15) is 18.4 Å². The predicted octanol–water partition coefficient (Wildman–Crippen LogP) is 2.76. The van der Waals surface area contributed by atoms with Gasteiger partial charge in [-0.3, -0.25) is 0 Å². The quantitative estimate of drug-likeness (QED) is 0.708. The minimum atomic E-state index is 0.522. The number of rotatable bonds is 5. The van der Waals surface area contributed by atoms with Gasteiger partial charge in [0.15, 0.2) is 11.5 Å².